The van der Waals surface area contributed by atoms with Gasteiger partial charge in [0.05, 0.1) is 11.6 Å². The molecule has 0 atom stereocenters. The normalized spacial score (nSPS) is 15.9. The molecule has 0 amide bonds. The van der Waals surface area contributed by atoms with Crippen LogP contribution in [-0.2, 0) is 14.8 Å². The molecule has 0 N–H and O–H groups in total. The van der Waals surface area contributed by atoms with Crippen LogP contribution in [0.3, 0.4) is 0 Å². The largest absolute Gasteiger partial charge is 0.380 e. The highest BCUT2D eigenvalue weighted by atomic mass is 35.5. The van der Waals surface area contributed by atoms with Crippen LogP contribution < -0.4 is 0 Å². The van der Waals surface area contributed by atoms with E-state index in [4.69, 9.17) is 16.3 Å². The molecule has 106 valence electrons. The van der Waals surface area contributed by atoms with E-state index in [1.54, 1.807) is 0 Å². The van der Waals surface area contributed by atoms with E-state index in [9.17, 15) is 8.42 Å². The zero-order valence-electron chi connectivity index (χ0n) is 10.8. The molecule has 19 heavy (non-hydrogen) atoms. The molecule has 0 saturated heterocycles. The van der Waals surface area contributed by atoms with Gasteiger partial charge >= 0.3 is 0 Å². The molecule has 7 heteroatoms. The molecule has 1 fully saturated rings. The number of aromatic nitrogens is 1. The van der Waals surface area contributed by atoms with Crippen LogP contribution in [0.1, 0.15) is 12.8 Å². The number of ether oxygens (including phenoxy) is 1. The zero-order chi connectivity index (χ0) is 13.9. The van der Waals surface area contributed by atoms with E-state index in [0.717, 1.165) is 6.61 Å². The summed E-state index contributed by atoms with van der Waals surface area (Å²) < 4.78 is 31.2. The fourth-order valence-electron chi connectivity index (χ4n) is 1.57. The van der Waals surface area contributed by atoms with Crippen molar-refractivity contribution in [3.05, 3.63) is 23.5 Å². The zero-order valence-corrected chi connectivity index (χ0v) is 12.3. The number of halogens is 1. The van der Waals surface area contributed by atoms with Crippen LogP contribution in [0.15, 0.2) is 23.4 Å². The first kappa shape index (κ1) is 14.7. The van der Waals surface area contributed by atoms with Gasteiger partial charge in [0.1, 0.15) is 4.90 Å². The first-order valence-electron chi connectivity index (χ1n) is 6.15. The van der Waals surface area contributed by atoms with Crippen molar-refractivity contribution < 1.29 is 13.2 Å². The molecule has 1 aromatic heterocycles. The van der Waals surface area contributed by atoms with Gasteiger partial charge in [0, 0.05) is 32.6 Å². The molecule has 5 nitrogen and oxygen atoms in total. The number of sulfonamides is 1. The van der Waals surface area contributed by atoms with Crippen LogP contribution in [-0.4, -0.2) is 44.5 Å². The highest BCUT2D eigenvalue weighted by Gasteiger charge is 2.24. The van der Waals surface area contributed by atoms with Crippen molar-refractivity contribution in [2.24, 2.45) is 5.92 Å². The first-order valence-corrected chi connectivity index (χ1v) is 7.97. The Morgan fingerprint density at radius 3 is 2.89 bits per heavy atom. The Hall–Kier alpha value is -0.690. The Kier molecular flexibility index (Phi) is 4.78. The summed E-state index contributed by atoms with van der Waals surface area (Å²) in [5.74, 6) is 0.676. The number of pyridine rings is 1. The molecule has 0 aliphatic heterocycles. The Labute approximate surface area is 118 Å². The summed E-state index contributed by atoms with van der Waals surface area (Å²) in [5, 5.41) is 0.181. The maximum atomic E-state index is 12.2. The number of likely N-dealkylation sites (N-methyl/N-ethyl adjacent to an activating group) is 1. The van der Waals surface area contributed by atoms with Gasteiger partial charge in [0.2, 0.25) is 10.0 Å². The highest BCUT2D eigenvalue weighted by molar-refractivity contribution is 7.89. The lowest BCUT2D eigenvalue weighted by Crippen LogP contribution is -2.30. The Bertz CT molecular complexity index is 532. The number of hydrogen-bond donors (Lipinski definition) is 0. The molecule has 2 rings (SSSR count). The Morgan fingerprint density at radius 2 is 2.26 bits per heavy atom. The second-order valence-electron chi connectivity index (χ2n) is 4.65. The van der Waals surface area contributed by atoms with Crippen molar-refractivity contribution in [1.29, 1.82) is 0 Å². The van der Waals surface area contributed by atoms with Crippen molar-refractivity contribution in [3.8, 4) is 0 Å². The summed E-state index contributed by atoms with van der Waals surface area (Å²) in [5.41, 5.74) is 0. The van der Waals surface area contributed by atoms with Crippen LogP contribution in [0.2, 0.25) is 5.02 Å². The lowest BCUT2D eigenvalue weighted by atomic mass is 10.5. The van der Waals surface area contributed by atoms with Gasteiger partial charge in [-0.2, -0.15) is 4.31 Å². The number of hydrogen-bond acceptors (Lipinski definition) is 4. The maximum Gasteiger partial charge on any atom is 0.245 e. The van der Waals surface area contributed by atoms with Crippen molar-refractivity contribution in [2.45, 2.75) is 17.7 Å². The highest BCUT2D eigenvalue weighted by Crippen LogP contribution is 2.28. The molecule has 0 aromatic carbocycles. The third kappa shape index (κ3) is 3.89. The molecule has 1 aromatic rings. The monoisotopic (exact) mass is 304 g/mol. The van der Waals surface area contributed by atoms with Crippen LogP contribution in [0.4, 0.5) is 0 Å². The standard InChI is InChI=1S/C12H17ClN2O3S/c1-15(6-7-18-9-10-2-3-10)19(16,17)12-8-14-5-4-11(12)13/h4-5,8,10H,2-3,6-7,9H2,1H3. The minimum absolute atomic E-state index is 0.0290. The van der Waals surface area contributed by atoms with Gasteiger partial charge in [-0.05, 0) is 24.8 Å². The SMILES string of the molecule is CN(CCOCC1CC1)S(=O)(=O)c1cnccc1Cl. The molecular weight excluding hydrogens is 288 g/mol. The fraction of sp³-hybridized carbons (Fsp3) is 0.583. The lowest BCUT2D eigenvalue weighted by Gasteiger charge is -2.17. The summed E-state index contributed by atoms with van der Waals surface area (Å²) in [4.78, 5) is 3.83. The molecule has 1 aliphatic rings. The fourth-order valence-corrected chi connectivity index (χ4v) is 3.13. The molecular formula is C12H17ClN2O3S. The smallest absolute Gasteiger partial charge is 0.245 e. The Balaban J connectivity index is 1.92. The second kappa shape index (κ2) is 6.17. The quantitative estimate of drug-likeness (QED) is 0.721. The molecule has 1 aliphatic carbocycles. The molecule has 1 heterocycles. The van der Waals surface area contributed by atoms with Crippen LogP contribution >= 0.6 is 11.6 Å². The minimum Gasteiger partial charge on any atom is -0.380 e. The third-order valence-corrected chi connectivity index (χ3v) is 5.35. The number of rotatable bonds is 7. The van der Waals surface area contributed by atoms with Gasteiger partial charge in [-0.1, -0.05) is 11.6 Å². The summed E-state index contributed by atoms with van der Waals surface area (Å²) in [6.45, 7) is 1.42. The van der Waals surface area contributed by atoms with Crippen molar-refractivity contribution >= 4 is 21.6 Å². The molecule has 0 radical (unpaired) electrons. The van der Waals surface area contributed by atoms with Crippen LogP contribution in [0.25, 0.3) is 0 Å². The van der Waals surface area contributed by atoms with Gasteiger partial charge in [-0.25, -0.2) is 8.42 Å². The maximum absolute atomic E-state index is 12.2. The van der Waals surface area contributed by atoms with E-state index in [2.05, 4.69) is 4.98 Å². The summed E-state index contributed by atoms with van der Waals surface area (Å²) in [7, 11) is -2.08. The topological polar surface area (TPSA) is 59.5 Å². The van der Waals surface area contributed by atoms with Gasteiger partial charge < -0.3 is 4.74 Å². The van der Waals surface area contributed by atoms with Gasteiger partial charge in [0.25, 0.3) is 0 Å². The number of nitrogens with zero attached hydrogens (tertiary/aromatic N) is 2. The Morgan fingerprint density at radius 1 is 1.53 bits per heavy atom. The predicted molar refractivity (Wildman–Crippen MR) is 72.6 cm³/mol. The molecule has 0 spiro atoms. The van der Waals surface area contributed by atoms with E-state index < -0.39 is 10.0 Å². The van der Waals surface area contributed by atoms with E-state index in [0.29, 0.717) is 19.1 Å². The molecule has 0 unspecified atom stereocenters. The van der Waals surface area contributed by atoms with Crippen LogP contribution in [0.5, 0.6) is 0 Å². The van der Waals surface area contributed by atoms with Crippen molar-refractivity contribution in [2.75, 3.05) is 26.8 Å². The van der Waals surface area contributed by atoms with Gasteiger partial charge in [-0.3, -0.25) is 4.98 Å². The second-order valence-corrected chi connectivity index (χ2v) is 7.07. The molecule has 1 saturated carbocycles. The predicted octanol–water partition coefficient (Wildman–Crippen LogP) is 1.78. The van der Waals surface area contributed by atoms with Crippen LogP contribution in [0, 0.1) is 5.92 Å². The lowest BCUT2D eigenvalue weighted by molar-refractivity contribution is 0.117. The van der Waals surface area contributed by atoms with Gasteiger partial charge in [-0.15, -0.1) is 0 Å². The van der Waals surface area contributed by atoms with Gasteiger partial charge in [0.15, 0.2) is 0 Å². The van der Waals surface area contributed by atoms with Crippen molar-refractivity contribution in [3.63, 3.8) is 0 Å². The summed E-state index contributed by atoms with van der Waals surface area (Å²) >= 11 is 5.89. The molecule has 0 bridgehead atoms. The average Bonchev–Trinajstić information content (AvgIpc) is 3.18. The third-order valence-electron chi connectivity index (χ3n) is 3.02. The van der Waals surface area contributed by atoms with Crippen molar-refractivity contribution in [1.82, 2.24) is 9.29 Å². The van der Waals surface area contributed by atoms with E-state index in [-0.39, 0.29) is 9.92 Å². The minimum atomic E-state index is -3.60. The average molecular weight is 305 g/mol. The first-order chi connectivity index (χ1) is 9.01. The summed E-state index contributed by atoms with van der Waals surface area (Å²) in [6.07, 6.45) is 5.16. The van der Waals surface area contributed by atoms with E-state index in [1.807, 2.05) is 0 Å². The summed E-state index contributed by atoms with van der Waals surface area (Å²) in [6, 6.07) is 1.46. The van der Waals surface area contributed by atoms with E-state index >= 15 is 0 Å². The van der Waals surface area contributed by atoms with E-state index in [1.165, 1.54) is 42.7 Å².